The summed E-state index contributed by atoms with van der Waals surface area (Å²) >= 11 is 5.89. The molecule has 0 aliphatic carbocycles. The summed E-state index contributed by atoms with van der Waals surface area (Å²) in [4.78, 5) is 18.8. The van der Waals surface area contributed by atoms with Gasteiger partial charge in [-0.1, -0.05) is 37.1 Å². The normalized spacial score (nSPS) is 13.2. The van der Waals surface area contributed by atoms with Crippen molar-refractivity contribution >= 4 is 17.5 Å². The number of amides is 1. The molecule has 0 spiro atoms. The van der Waals surface area contributed by atoms with Crippen molar-refractivity contribution in [2.75, 3.05) is 20.2 Å². The Kier molecular flexibility index (Phi) is 10.9. The van der Waals surface area contributed by atoms with E-state index in [1.165, 1.54) is 12.1 Å². The number of hydroxylamine groups is 1. The molecule has 1 aromatic heterocycles. The van der Waals surface area contributed by atoms with Crippen molar-refractivity contribution in [3.05, 3.63) is 64.7 Å². The summed E-state index contributed by atoms with van der Waals surface area (Å²) in [5.41, 5.74) is 3.53. The van der Waals surface area contributed by atoms with Gasteiger partial charge in [-0.05, 0) is 62.2 Å². The zero-order chi connectivity index (χ0) is 22.6. The van der Waals surface area contributed by atoms with Crippen molar-refractivity contribution in [2.24, 2.45) is 5.92 Å². The maximum atomic E-state index is 13.2. The van der Waals surface area contributed by atoms with Crippen LogP contribution in [0.5, 0.6) is 0 Å². The van der Waals surface area contributed by atoms with Crippen LogP contribution in [0.15, 0.2) is 42.6 Å². The van der Waals surface area contributed by atoms with E-state index in [0.29, 0.717) is 17.9 Å². The van der Waals surface area contributed by atoms with Gasteiger partial charge >= 0.3 is 0 Å². The fourth-order valence-corrected chi connectivity index (χ4v) is 3.67. The lowest BCUT2D eigenvalue weighted by molar-refractivity contribution is -0.135. The lowest BCUT2D eigenvalue weighted by Gasteiger charge is -2.23. The third kappa shape index (κ3) is 8.53. The highest BCUT2D eigenvalue weighted by molar-refractivity contribution is 6.30. The smallest absolute Gasteiger partial charge is 0.246 e. The van der Waals surface area contributed by atoms with Crippen LogP contribution < -0.4 is 5.48 Å². The average Bonchev–Trinajstić information content (AvgIpc) is 2.79. The Morgan fingerprint density at radius 2 is 2.00 bits per heavy atom. The van der Waals surface area contributed by atoms with Crippen LogP contribution in [0.3, 0.4) is 0 Å². The average molecular weight is 452 g/mol. The molecular formula is C23H31ClFN3O3. The predicted octanol–water partition coefficient (Wildman–Crippen LogP) is 4.77. The number of halogens is 2. The number of nitrogens with zero attached hydrogens (tertiary/aromatic N) is 2. The number of methoxy groups -OCH3 is 1. The van der Waals surface area contributed by atoms with Gasteiger partial charge in [-0.3, -0.25) is 19.9 Å². The lowest BCUT2D eigenvalue weighted by atomic mass is 9.91. The number of hydrogen-bond donors (Lipinski definition) is 2. The maximum absolute atomic E-state index is 13.2. The van der Waals surface area contributed by atoms with Gasteiger partial charge in [-0.25, -0.2) is 9.87 Å². The molecule has 1 amide bonds. The molecule has 0 radical (unpaired) electrons. The van der Waals surface area contributed by atoms with Crippen LogP contribution in [0.1, 0.15) is 50.0 Å². The van der Waals surface area contributed by atoms with Gasteiger partial charge in [-0.15, -0.1) is 0 Å². The first-order valence-corrected chi connectivity index (χ1v) is 10.9. The molecule has 2 rings (SSSR count). The fourth-order valence-electron chi connectivity index (χ4n) is 3.56. The van der Waals surface area contributed by atoms with Crippen molar-refractivity contribution in [1.29, 1.82) is 0 Å². The van der Waals surface area contributed by atoms with E-state index in [1.807, 2.05) is 12.1 Å². The molecule has 0 unspecified atom stereocenters. The minimum Gasteiger partial charge on any atom is -0.377 e. The first kappa shape index (κ1) is 25.2. The van der Waals surface area contributed by atoms with Crippen LogP contribution in [-0.2, 0) is 16.1 Å². The highest BCUT2D eigenvalue weighted by Gasteiger charge is 2.24. The summed E-state index contributed by atoms with van der Waals surface area (Å²) in [5.74, 6) is -1.16. The molecule has 0 saturated heterocycles. The number of rotatable bonds is 13. The molecule has 2 N–H and O–H groups in total. The molecule has 0 fully saturated rings. The van der Waals surface area contributed by atoms with Gasteiger partial charge in [0.2, 0.25) is 5.91 Å². The highest BCUT2D eigenvalue weighted by atomic mass is 35.5. The summed E-state index contributed by atoms with van der Waals surface area (Å²) in [5, 5.41) is 9.77. The fraction of sp³-hybridized carbons (Fsp3) is 0.478. The summed E-state index contributed by atoms with van der Waals surface area (Å²) < 4.78 is 18.7. The van der Waals surface area contributed by atoms with E-state index >= 15 is 0 Å². The summed E-state index contributed by atoms with van der Waals surface area (Å²) in [6.45, 7) is 4.61. The van der Waals surface area contributed by atoms with Crippen molar-refractivity contribution in [3.8, 4) is 0 Å². The second-order valence-corrected chi connectivity index (χ2v) is 7.95. The molecule has 0 saturated carbocycles. The highest BCUT2D eigenvalue weighted by Crippen LogP contribution is 2.28. The van der Waals surface area contributed by atoms with Crippen LogP contribution in [0.4, 0.5) is 4.39 Å². The first-order valence-electron chi connectivity index (χ1n) is 10.5. The topological polar surface area (TPSA) is 74.7 Å². The number of hydrogen-bond acceptors (Lipinski definition) is 5. The molecule has 0 aliphatic heterocycles. The van der Waals surface area contributed by atoms with E-state index in [0.717, 1.165) is 43.7 Å². The Hall–Kier alpha value is -2.06. The molecule has 0 bridgehead atoms. The largest absolute Gasteiger partial charge is 0.377 e. The Labute approximate surface area is 188 Å². The van der Waals surface area contributed by atoms with Gasteiger partial charge in [0.05, 0.1) is 16.8 Å². The second kappa shape index (κ2) is 13.4. The molecular weight excluding hydrogens is 421 g/mol. The minimum absolute atomic E-state index is 0.322. The van der Waals surface area contributed by atoms with Gasteiger partial charge in [0.15, 0.2) is 0 Å². The third-order valence-electron chi connectivity index (χ3n) is 5.40. The number of ether oxygens (including phenoxy) is 1. The quantitative estimate of drug-likeness (QED) is 0.261. The Morgan fingerprint density at radius 1 is 1.26 bits per heavy atom. The van der Waals surface area contributed by atoms with E-state index < -0.39 is 11.8 Å². The monoisotopic (exact) mass is 451 g/mol. The number of aromatic nitrogens is 1. The van der Waals surface area contributed by atoms with Crippen molar-refractivity contribution in [3.63, 3.8) is 0 Å². The number of carbonyl (C=O) groups is 1. The molecule has 2 atom stereocenters. The van der Waals surface area contributed by atoms with E-state index in [4.69, 9.17) is 21.5 Å². The second-order valence-electron chi connectivity index (χ2n) is 7.52. The SMILES string of the molecule is CCN(CCCC[C@@H](C[C@@H](OC)c1ccc(F)cc1)C(=O)NO)Cc1ccc(Cl)cn1. The molecule has 1 aromatic carbocycles. The van der Waals surface area contributed by atoms with E-state index in [2.05, 4.69) is 16.8 Å². The Balaban J connectivity index is 1.86. The van der Waals surface area contributed by atoms with Crippen molar-refractivity contribution < 1.29 is 19.1 Å². The van der Waals surface area contributed by atoms with E-state index in [1.54, 1.807) is 30.9 Å². The maximum Gasteiger partial charge on any atom is 0.246 e. The molecule has 0 aliphatic rings. The molecule has 6 nitrogen and oxygen atoms in total. The first-order chi connectivity index (χ1) is 15.0. The summed E-state index contributed by atoms with van der Waals surface area (Å²) in [6, 6.07) is 9.81. The number of pyridine rings is 1. The van der Waals surface area contributed by atoms with Gasteiger partial charge in [0.1, 0.15) is 5.82 Å². The number of unbranched alkanes of at least 4 members (excludes halogenated alkanes) is 1. The van der Waals surface area contributed by atoms with Crippen LogP contribution in [-0.4, -0.2) is 41.2 Å². The molecule has 2 aromatic rings. The van der Waals surface area contributed by atoms with Gasteiger partial charge in [0.25, 0.3) is 0 Å². The number of carbonyl (C=O) groups excluding carboxylic acids is 1. The Bertz CT molecular complexity index is 790. The summed E-state index contributed by atoms with van der Waals surface area (Å²) in [7, 11) is 1.56. The van der Waals surface area contributed by atoms with Gasteiger partial charge in [-0.2, -0.15) is 0 Å². The Morgan fingerprint density at radius 3 is 2.58 bits per heavy atom. The van der Waals surface area contributed by atoms with Crippen LogP contribution >= 0.6 is 11.6 Å². The zero-order valence-electron chi connectivity index (χ0n) is 18.1. The molecule has 31 heavy (non-hydrogen) atoms. The molecule has 1 heterocycles. The summed E-state index contributed by atoms with van der Waals surface area (Å²) in [6.07, 6.45) is 4.04. The van der Waals surface area contributed by atoms with Gasteiger partial charge < -0.3 is 4.74 Å². The molecule has 170 valence electrons. The third-order valence-corrected chi connectivity index (χ3v) is 5.63. The van der Waals surface area contributed by atoms with Crippen LogP contribution in [0.2, 0.25) is 5.02 Å². The number of nitrogens with one attached hydrogen (secondary N) is 1. The standard InChI is InChI=1S/C23H31ClFN3O3/c1-3-28(16-21-12-9-19(24)15-26-21)13-5-4-6-18(23(29)27-30)14-22(31-2)17-7-10-20(25)11-8-17/h7-12,15,18,22,30H,3-6,13-14,16H2,1-2H3,(H,27,29)/t18-,22+/m0/s1. The van der Waals surface area contributed by atoms with Gasteiger partial charge in [0, 0.05) is 25.8 Å². The van der Waals surface area contributed by atoms with Crippen LogP contribution in [0, 0.1) is 11.7 Å². The lowest BCUT2D eigenvalue weighted by Crippen LogP contribution is -2.30. The van der Waals surface area contributed by atoms with E-state index in [9.17, 15) is 9.18 Å². The van der Waals surface area contributed by atoms with Crippen molar-refractivity contribution in [2.45, 2.75) is 45.3 Å². The van der Waals surface area contributed by atoms with Crippen molar-refractivity contribution in [1.82, 2.24) is 15.4 Å². The van der Waals surface area contributed by atoms with E-state index in [-0.39, 0.29) is 11.9 Å². The predicted molar refractivity (Wildman–Crippen MR) is 118 cm³/mol. The molecule has 8 heteroatoms. The zero-order valence-corrected chi connectivity index (χ0v) is 18.8. The number of benzene rings is 1. The minimum atomic E-state index is -0.429. The van der Waals surface area contributed by atoms with Crippen LogP contribution in [0.25, 0.3) is 0 Å².